The third-order valence-electron chi connectivity index (χ3n) is 4.12. The zero-order chi connectivity index (χ0) is 12.4. The van der Waals surface area contributed by atoms with Crippen molar-refractivity contribution in [3.8, 4) is 0 Å². The fourth-order valence-electron chi connectivity index (χ4n) is 3.20. The van der Waals surface area contributed by atoms with Gasteiger partial charge >= 0.3 is 0 Å². The van der Waals surface area contributed by atoms with Gasteiger partial charge in [0, 0.05) is 24.8 Å². The summed E-state index contributed by atoms with van der Waals surface area (Å²) in [5, 5.41) is 10.1. The van der Waals surface area contributed by atoms with Crippen LogP contribution < -0.4 is 5.32 Å². The van der Waals surface area contributed by atoms with Crippen molar-refractivity contribution in [2.24, 2.45) is 0 Å². The molecule has 2 atom stereocenters. The third kappa shape index (κ3) is 2.14. The lowest BCUT2D eigenvalue weighted by molar-refractivity contribution is 0.0563. The van der Waals surface area contributed by atoms with Crippen molar-refractivity contribution in [1.29, 1.82) is 0 Å². The van der Waals surface area contributed by atoms with Gasteiger partial charge in [-0.05, 0) is 38.6 Å². The van der Waals surface area contributed by atoms with Crippen LogP contribution in [0.3, 0.4) is 0 Å². The summed E-state index contributed by atoms with van der Waals surface area (Å²) < 4.78 is 0. The molecule has 2 N–H and O–H groups in total. The molecule has 1 aromatic heterocycles. The molecule has 5 heteroatoms. The van der Waals surface area contributed by atoms with E-state index in [1.807, 2.05) is 0 Å². The number of H-pyrrole nitrogens is 1. The fourth-order valence-corrected chi connectivity index (χ4v) is 3.20. The van der Waals surface area contributed by atoms with Crippen LogP contribution in [-0.2, 0) is 0 Å². The molecule has 5 nitrogen and oxygen atoms in total. The number of amides is 1. The predicted octanol–water partition coefficient (Wildman–Crippen LogP) is 1.16. The maximum atomic E-state index is 12.5. The molecule has 0 saturated carbocycles. The molecule has 0 spiro atoms. The minimum atomic E-state index is 0.127. The summed E-state index contributed by atoms with van der Waals surface area (Å²) in [4.78, 5) is 14.5. The van der Waals surface area contributed by atoms with Crippen LogP contribution >= 0.6 is 0 Å². The Hall–Kier alpha value is -1.36. The van der Waals surface area contributed by atoms with Gasteiger partial charge in [-0.3, -0.25) is 9.89 Å². The average Bonchev–Trinajstić information content (AvgIpc) is 3.11. The maximum absolute atomic E-state index is 12.5. The largest absolute Gasteiger partial charge is 0.334 e. The van der Waals surface area contributed by atoms with Gasteiger partial charge in [0.15, 0.2) is 0 Å². The van der Waals surface area contributed by atoms with E-state index in [0.717, 1.165) is 25.9 Å². The molecular formula is C13H20N4O. The number of hydrogen-bond acceptors (Lipinski definition) is 3. The maximum Gasteiger partial charge on any atom is 0.257 e. The fraction of sp³-hybridized carbons (Fsp3) is 0.692. The number of aromatic amines is 1. The molecule has 0 aliphatic carbocycles. The SMILES string of the molecule is O=C(c1cn[nH]c1)N1CCCCC1C1CCCN1. The van der Waals surface area contributed by atoms with Gasteiger partial charge in [0.25, 0.3) is 5.91 Å². The number of piperidine rings is 1. The molecule has 2 fully saturated rings. The second-order valence-electron chi connectivity index (χ2n) is 5.25. The van der Waals surface area contributed by atoms with Crippen LogP contribution in [-0.4, -0.2) is 46.2 Å². The number of hydrogen-bond donors (Lipinski definition) is 2. The van der Waals surface area contributed by atoms with E-state index >= 15 is 0 Å². The highest BCUT2D eigenvalue weighted by Gasteiger charge is 2.34. The summed E-state index contributed by atoms with van der Waals surface area (Å²) in [7, 11) is 0. The number of carbonyl (C=O) groups excluding carboxylic acids is 1. The summed E-state index contributed by atoms with van der Waals surface area (Å²) in [5.41, 5.74) is 0.680. The first-order valence-corrected chi connectivity index (χ1v) is 6.89. The van der Waals surface area contributed by atoms with Crippen LogP contribution in [0.5, 0.6) is 0 Å². The summed E-state index contributed by atoms with van der Waals surface area (Å²) in [5.74, 6) is 0.127. The Labute approximate surface area is 107 Å². The van der Waals surface area contributed by atoms with Crippen LogP contribution in [0.15, 0.2) is 12.4 Å². The number of rotatable bonds is 2. The Morgan fingerprint density at radius 3 is 3.00 bits per heavy atom. The Bertz CT molecular complexity index is 397. The van der Waals surface area contributed by atoms with Crippen LogP contribution in [0.25, 0.3) is 0 Å². The summed E-state index contributed by atoms with van der Waals surface area (Å²) in [6.07, 6.45) is 9.22. The molecule has 2 unspecified atom stereocenters. The third-order valence-corrected chi connectivity index (χ3v) is 4.12. The molecule has 3 heterocycles. The highest BCUT2D eigenvalue weighted by atomic mass is 16.2. The number of likely N-dealkylation sites (tertiary alicyclic amines) is 1. The van der Waals surface area contributed by atoms with Gasteiger partial charge in [0.05, 0.1) is 11.8 Å². The second kappa shape index (κ2) is 5.10. The predicted molar refractivity (Wildman–Crippen MR) is 68.3 cm³/mol. The van der Waals surface area contributed by atoms with E-state index in [-0.39, 0.29) is 5.91 Å². The van der Waals surface area contributed by atoms with Crippen molar-refractivity contribution in [2.45, 2.75) is 44.2 Å². The first kappa shape index (κ1) is 11.7. The van der Waals surface area contributed by atoms with E-state index in [1.54, 1.807) is 12.4 Å². The van der Waals surface area contributed by atoms with Crippen LogP contribution in [0.4, 0.5) is 0 Å². The van der Waals surface area contributed by atoms with E-state index in [2.05, 4.69) is 20.4 Å². The Morgan fingerprint density at radius 1 is 1.33 bits per heavy atom. The van der Waals surface area contributed by atoms with Gasteiger partial charge in [-0.15, -0.1) is 0 Å². The molecular weight excluding hydrogens is 228 g/mol. The number of carbonyl (C=O) groups is 1. The second-order valence-corrected chi connectivity index (χ2v) is 5.25. The van der Waals surface area contributed by atoms with Crippen molar-refractivity contribution in [3.05, 3.63) is 18.0 Å². The van der Waals surface area contributed by atoms with Crippen LogP contribution in [0.2, 0.25) is 0 Å². The molecule has 1 aromatic rings. The zero-order valence-electron chi connectivity index (χ0n) is 10.6. The van der Waals surface area contributed by atoms with Crippen molar-refractivity contribution >= 4 is 5.91 Å². The van der Waals surface area contributed by atoms with Crippen molar-refractivity contribution < 1.29 is 4.79 Å². The number of nitrogens with one attached hydrogen (secondary N) is 2. The number of nitrogens with zero attached hydrogens (tertiary/aromatic N) is 2. The molecule has 2 aliphatic heterocycles. The van der Waals surface area contributed by atoms with Gasteiger partial charge in [-0.2, -0.15) is 5.10 Å². The Morgan fingerprint density at radius 2 is 2.28 bits per heavy atom. The smallest absolute Gasteiger partial charge is 0.257 e. The highest BCUT2D eigenvalue weighted by molar-refractivity contribution is 5.94. The molecule has 0 aromatic carbocycles. The van der Waals surface area contributed by atoms with Gasteiger partial charge in [0.2, 0.25) is 0 Å². The van der Waals surface area contributed by atoms with Gasteiger partial charge in [-0.25, -0.2) is 0 Å². The lowest BCUT2D eigenvalue weighted by atomic mass is 9.94. The molecule has 2 aliphatic rings. The van der Waals surface area contributed by atoms with Gasteiger partial charge in [-0.1, -0.05) is 0 Å². The minimum Gasteiger partial charge on any atom is -0.334 e. The first-order valence-electron chi connectivity index (χ1n) is 6.89. The monoisotopic (exact) mass is 248 g/mol. The Kier molecular flexibility index (Phi) is 3.32. The lowest BCUT2D eigenvalue weighted by Gasteiger charge is -2.39. The van der Waals surface area contributed by atoms with E-state index < -0.39 is 0 Å². The standard InChI is InChI=1S/C13H20N4O/c18-13(10-8-15-16-9-10)17-7-2-1-5-12(17)11-4-3-6-14-11/h8-9,11-12,14H,1-7H2,(H,15,16). The first-order chi connectivity index (χ1) is 8.86. The van der Waals surface area contributed by atoms with E-state index in [1.165, 1.54) is 19.3 Å². The number of aromatic nitrogens is 2. The molecule has 18 heavy (non-hydrogen) atoms. The Balaban J connectivity index is 1.76. The lowest BCUT2D eigenvalue weighted by Crippen LogP contribution is -2.52. The van der Waals surface area contributed by atoms with E-state index in [9.17, 15) is 4.79 Å². The summed E-state index contributed by atoms with van der Waals surface area (Å²) in [6.45, 7) is 1.97. The van der Waals surface area contributed by atoms with Crippen molar-refractivity contribution in [2.75, 3.05) is 13.1 Å². The van der Waals surface area contributed by atoms with Gasteiger partial charge < -0.3 is 10.2 Å². The molecule has 0 radical (unpaired) electrons. The van der Waals surface area contributed by atoms with Crippen molar-refractivity contribution in [3.63, 3.8) is 0 Å². The molecule has 0 bridgehead atoms. The van der Waals surface area contributed by atoms with Gasteiger partial charge in [0.1, 0.15) is 0 Å². The summed E-state index contributed by atoms with van der Waals surface area (Å²) >= 11 is 0. The zero-order valence-corrected chi connectivity index (χ0v) is 10.6. The molecule has 2 saturated heterocycles. The summed E-state index contributed by atoms with van der Waals surface area (Å²) in [6, 6.07) is 0.852. The quantitative estimate of drug-likeness (QED) is 0.825. The molecule has 1 amide bonds. The average molecular weight is 248 g/mol. The normalized spacial score (nSPS) is 28.6. The highest BCUT2D eigenvalue weighted by Crippen LogP contribution is 2.25. The topological polar surface area (TPSA) is 61.0 Å². The van der Waals surface area contributed by atoms with E-state index in [0.29, 0.717) is 17.6 Å². The van der Waals surface area contributed by atoms with E-state index in [4.69, 9.17) is 0 Å². The molecule has 98 valence electrons. The van der Waals surface area contributed by atoms with Crippen LogP contribution in [0.1, 0.15) is 42.5 Å². The minimum absolute atomic E-state index is 0.127. The van der Waals surface area contributed by atoms with Crippen molar-refractivity contribution in [1.82, 2.24) is 20.4 Å². The van der Waals surface area contributed by atoms with Crippen LogP contribution in [0, 0.1) is 0 Å². The molecule has 3 rings (SSSR count).